The zero-order valence-corrected chi connectivity index (χ0v) is 12.8. The van der Waals surface area contributed by atoms with E-state index in [1.54, 1.807) is 26.0 Å². The Hall–Kier alpha value is -2.54. The summed E-state index contributed by atoms with van der Waals surface area (Å²) in [5.41, 5.74) is 1.18. The quantitative estimate of drug-likeness (QED) is 0.802. The number of carbonyl (C=O) groups is 1. The molecule has 0 aliphatic heterocycles. The summed E-state index contributed by atoms with van der Waals surface area (Å²) in [6.07, 6.45) is 0. The molecule has 2 aromatic rings. The van der Waals surface area contributed by atoms with Gasteiger partial charge in [-0.15, -0.1) is 0 Å². The molecule has 22 heavy (non-hydrogen) atoms. The van der Waals surface area contributed by atoms with Gasteiger partial charge in [-0.1, -0.05) is 12.1 Å². The SMILES string of the molecule is Cc1ccc(C)c(S(=O)(=O)Nc2ccc(C(=O)O)c(O)c2)c1. The third-order valence-electron chi connectivity index (χ3n) is 3.11. The molecule has 0 fully saturated rings. The summed E-state index contributed by atoms with van der Waals surface area (Å²) in [7, 11) is -3.82. The maximum Gasteiger partial charge on any atom is 0.339 e. The van der Waals surface area contributed by atoms with Gasteiger partial charge in [0.15, 0.2) is 0 Å². The van der Waals surface area contributed by atoms with Gasteiger partial charge in [-0.2, -0.15) is 0 Å². The molecule has 6 nitrogen and oxygen atoms in total. The molecular formula is C15H15NO5S. The third-order valence-corrected chi connectivity index (χ3v) is 4.64. The van der Waals surface area contributed by atoms with Crippen molar-refractivity contribution in [2.45, 2.75) is 18.7 Å². The van der Waals surface area contributed by atoms with E-state index in [4.69, 9.17) is 5.11 Å². The molecule has 7 heteroatoms. The van der Waals surface area contributed by atoms with E-state index >= 15 is 0 Å². The molecule has 0 aliphatic carbocycles. The van der Waals surface area contributed by atoms with E-state index in [0.717, 1.165) is 17.7 Å². The van der Waals surface area contributed by atoms with Crippen LogP contribution in [0, 0.1) is 13.8 Å². The van der Waals surface area contributed by atoms with Gasteiger partial charge in [-0.3, -0.25) is 4.72 Å². The fourth-order valence-corrected chi connectivity index (χ4v) is 3.36. The molecule has 0 radical (unpaired) electrons. The third kappa shape index (κ3) is 3.20. The molecule has 0 aromatic heterocycles. The van der Waals surface area contributed by atoms with Gasteiger partial charge in [0.25, 0.3) is 10.0 Å². The maximum atomic E-state index is 12.4. The minimum atomic E-state index is -3.82. The molecule has 0 aliphatic rings. The lowest BCUT2D eigenvalue weighted by Gasteiger charge is -2.12. The van der Waals surface area contributed by atoms with E-state index in [1.807, 2.05) is 6.07 Å². The maximum absolute atomic E-state index is 12.4. The van der Waals surface area contributed by atoms with Crippen LogP contribution in [0.5, 0.6) is 5.75 Å². The summed E-state index contributed by atoms with van der Waals surface area (Å²) in [5.74, 6) is -1.80. The van der Waals surface area contributed by atoms with Crippen molar-refractivity contribution in [3.05, 3.63) is 53.1 Å². The summed E-state index contributed by atoms with van der Waals surface area (Å²) in [6.45, 7) is 3.46. The zero-order chi connectivity index (χ0) is 16.5. The first-order valence-electron chi connectivity index (χ1n) is 6.37. The molecule has 0 atom stereocenters. The lowest BCUT2D eigenvalue weighted by molar-refractivity contribution is 0.0694. The number of sulfonamides is 1. The van der Waals surface area contributed by atoms with Gasteiger partial charge in [-0.25, -0.2) is 13.2 Å². The Morgan fingerprint density at radius 2 is 1.77 bits per heavy atom. The first-order chi connectivity index (χ1) is 10.2. The van der Waals surface area contributed by atoms with Crippen molar-refractivity contribution in [1.29, 1.82) is 0 Å². The van der Waals surface area contributed by atoms with Gasteiger partial charge in [0, 0.05) is 6.07 Å². The highest BCUT2D eigenvalue weighted by atomic mass is 32.2. The number of hydrogen-bond donors (Lipinski definition) is 3. The van der Waals surface area contributed by atoms with Crippen molar-refractivity contribution in [3.8, 4) is 5.75 Å². The van der Waals surface area contributed by atoms with Crippen molar-refractivity contribution >= 4 is 21.7 Å². The molecule has 0 saturated carbocycles. The Labute approximate surface area is 128 Å². The first kappa shape index (κ1) is 15.8. The number of aromatic hydroxyl groups is 1. The van der Waals surface area contributed by atoms with Gasteiger partial charge in [0.1, 0.15) is 11.3 Å². The summed E-state index contributed by atoms with van der Waals surface area (Å²) in [4.78, 5) is 11.0. The molecule has 0 unspecified atom stereocenters. The molecule has 116 valence electrons. The zero-order valence-electron chi connectivity index (χ0n) is 12.0. The highest BCUT2D eigenvalue weighted by Crippen LogP contribution is 2.25. The van der Waals surface area contributed by atoms with E-state index in [1.165, 1.54) is 6.07 Å². The minimum absolute atomic E-state index is 0.0865. The minimum Gasteiger partial charge on any atom is -0.507 e. The monoisotopic (exact) mass is 321 g/mol. The molecular weight excluding hydrogens is 306 g/mol. The first-order valence-corrected chi connectivity index (χ1v) is 7.85. The average molecular weight is 321 g/mol. The van der Waals surface area contributed by atoms with Crippen LogP contribution in [0.1, 0.15) is 21.5 Å². The smallest absolute Gasteiger partial charge is 0.339 e. The van der Waals surface area contributed by atoms with Gasteiger partial charge in [0.2, 0.25) is 0 Å². The molecule has 0 heterocycles. The second-order valence-corrected chi connectivity index (χ2v) is 6.56. The van der Waals surface area contributed by atoms with Crippen molar-refractivity contribution in [3.63, 3.8) is 0 Å². The summed E-state index contributed by atoms with van der Waals surface area (Å²) >= 11 is 0. The summed E-state index contributed by atoms with van der Waals surface area (Å²) in [6, 6.07) is 8.54. The number of aryl methyl sites for hydroxylation is 2. The van der Waals surface area contributed by atoms with E-state index in [0.29, 0.717) is 5.56 Å². The van der Waals surface area contributed by atoms with Crippen LogP contribution in [-0.4, -0.2) is 24.6 Å². The van der Waals surface area contributed by atoms with Crippen molar-refractivity contribution in [2.75, 3.05) is 4.72 Å². The van der Waals surface area contributed by atoms with Crippen LogP contribution in [0.2, 0.25) is 0 Å². The molecule has 3 N–H and O–H groups in total. The molecule has 0 amide bonds. The van der Waals surface area contributed by atoms with E-state index in [-0.39, 0.29) is 16.1 Å². The lowest BCUT2D eigenvalue weighted by Crippen LogP contribution is -2.14. The average Bonchev–Trinajstić information content (AvgIpc) is 2.40. The van der Waals surface area contributed by atoms with Crippen LogP contribution in [-0.2, 0) is 10.0 Å². The number of carboxylic acids is 1. The second-order valence-electron chi connectivity index (χ2n) is 4.91. The van der Waals surface area contributed by atoms with E-state index in [9.17, 15) is 18.3 Å². The Balaban J connectivity index is 2.39. The number of carboxylic acid groups (broad SMARTS) is 1. The van der Waals surface area contributed by atoms with Crippen LogP contribution in [0.4, 0.5) is 5.69 Å². The predicted octanol–water partition coefficient (Wildman–Crippen LogP) is 2.51. The number of rotatable bonds is 4. The van der Waals surface area contributed by atoms with Crippen LogP contribution >= 0.6 is 0 Å². The van der Waals surface area contributed by atoms with Gasteiger partial charge in [0.05, 0.1) is 10.6 Å². The standard InChI is InChI=1S/C15H15NO5S/c1-9-3-4-10(2)14(7-9)22(20,21)16-11-5-6-12(15(18)19)13(17)8-11/h3-8,16-17H,1-2H3,(H,18,19). The van der Waals surface area contributed by atoms with E-state index in [2.05, 4.69) is 4.72 Å². The van der Waals surface area contributed by atoms with Crippen LogP contribution in [0.25, 0.3) is 0 Å². The van der Waals surface area contributed by atoms with Crippen LogP contribution in [0.3, 0.4) is 0 Å². The molecule has 0 spiro atoms. The Morgan fingerprint density at radius 1 is 1.09 bits per heavy atom. The van der Waals surface area contributed by atoms with Crippen molar-refractivity contribution in [2.24, 2.45) is 0 Å². The Bertz CT molecular complexity index is 843. The van der Waals surface area contributed by atoms with Gasteiger partial charge >= 0.3 is 5.97 Å². The lowest BCUT2D eigenvalue weighted by atomic mass is 10.2. The number of nitrogens with one attached hydrogen (secondary N) is 1. The molecule has 2 rings (SSSR count). The second kappa shape index (κ2) is 5.69. The number of aromatic carboxylic acids is 1. The molecule has 2 aromatic carbocycles. The van der Waals surface area contributed by atoms with Gasteiger partial charge < -0.3 is 10.2 Å². The van der Waals surface area contributed by atoms with Crippen molar-refractivity contribution in [1.82, 2.24) is 0 Å². The highest BCUT2D eigenvalue weighted by Gasteiger charge is 2.18. The number of phenols is 1. The Morgan fingerprint density at radius 3 is 2.36 bits per heavy atom. The van der Waals surface area contributed by atoms with Crippen LogP contribution < -0.4 is 4.72 Å². The topological polar surface area (TPSA) is 104 Å². The van der Waals surface area contributed by atoms with Crippen molar-refractivity contribution < 1.29 is 23.4 Å². The number of anilines is 1. The van der Waals surface area contributed by atoms with Gasteiger partial charge in [-0.05, 0) is 43.2 Å². The Kier molecular flexibility index (Phi) is 4.09. The fourth-order valence-electron chi connectivity index (χ4n) is 1.98. The summed E-state index contributed by atoms with van der Waals surface area (Å²) < 4.78 is 27.1. The molecule has 0 saturated heterocycles. The number of benzene rings is 2. The van der Waals surface area contributed by atoms with E-state index < -0.39 is 21.7 Å². The molecule has 0 bridgehead atoms. The summed E-state index contributed by atoms with van der Waals surface area (Å²) in [5, 5.41) is 18.4. The largest absolute Gasteiger partial charge is 0.507 e. The van der Waals surface area contributed by atoms with Crippen LogP contribution in [0.15, 0.2) is 41.3 Å². The highest BCUT2D eigenvalue weighted by molar-refractivity contribution is 7.92. The number of hydrogen-bond acceptors (Lipinski definition) is 4. The normalized spacial score (nSPS) is 11.2. The fraction of sp³-hybridized carbons (Fsp3) is 0.133. The predicted molar refractivity (Wildman–Crippen MR) is 81.8 cm³/mol.